The van der Waals surface area contributed by atoms with E-state index >= 15 is 0 Å². The van der Waals surface area contributed by atoms with Crippen molar-refractivity contribution < 1.29 is 18.0 Å². The molecule has 1 aromatic rings. The molecule has 0 aliphatic heterocycles. The quantitative estimate of drug-likeness (QED) is 0.888. The molecule has 0 saturated heterocycles. The van der Waals surface area contributed by atoms with Gasteiger partial charge in [0, 0.05) is 6.54 Å². The Balaban J connectivity index is 0.00000289. The molecular formula is C11H14ClF3N2O. The maximum Gasteiger partial charge on any atom is 0.416 e. The van der Waals surface area contributed by atoms with E-state index in [-0.39, 0.29) is 12.4 Å². The van der Waals surface area contributed by atoms with Gasteiger partial charge in [0.2, 0.25) is 5.91 Å². The number of rotatable bonds is 4. The summed E-state index contributed by atoms with van der Waals surface area (Å²) in [5, 5.41) is 2.80. The minimum Gasteiger partial charge on any atom is -0.368 e. The normalized spacial score (nSPS) is 12.7. The van der Waals surface area contributed by atoms with Gasteiger partial charge in [-0.1, -0.05) is 12.1 Å². The maximum atomic E-state index is 12.3. The zero-order valence-electron chi connectivity index (χ0n) is 9.62. The Morgan fingerprint density at radius 2 is 1.83 bits per heavy atom. The third-order valence-electron chi connectivity index (χ3n) is 2.32. The molecule has 0 radical (unpaired) electrons. The molecule has 102 valence electrons. The van der Waals surface area contributed by atoms with E-state index in [1.54, 1.807) is 6.92 Å². The van der Waals surface area contributed by atoms with Crippen LogP contribution in [-0.4, -0.2) is 11.9 Å². The highest BCUT2D eigenvalue weighted by Crippen LogP contribution is 2.28. The molecule has 3 N–H and O–H groups in total. The highest BCUT2D eigenvalue weighted by Gasteiger charge is 2.29. The van der Waals surface area contributed by atoms with Gasteiger partial charge >= 0.3 is 6.18 Å². The van der Waals surface area contributed by atoms with Crippen LogP contribution in [0, 0.1) is 0 Å². The number of amides is 1. The van der Waals surface area contributed by atoms with Crippen molar-refractivity contribution in [2.45, 2.75) is 25.7 Å². The van der Waals surface area contributed by atoms with Crippen molar-refractivity contribution >= 4 is 18.3 Å². The highest BCUT2D eigenvalue weighted by atomic mass is 35.5. The van der Waals surface area contributed by atoms with Gasteiger partial charge in [-0.3, -0.25) is 4.79 Å². The van der Waals surface area contributed by atoms with Crippen molar-refractivity contribution in [1.29, 1.82) is 0 Å². The lowest BCUT2D eigenvalue weighted by Gasteiger charge is -2.11. The molecule has 0 heterocycles. The summed E-state index contributed by atoms with van der Waals surface area (Å²) >= 11 is 0. The number of alkyl halides is 3. The van der Waals surface area contributed by atoms with Crippen LogP contribution in [0.25, 0.3) is 0 Å². The summed E-state index contributed by atoms with van der Waals surface area (Å²) in [7, 11) is 0. The largest absolute Gasteiger partial charge is 0.416 e. The van der Waals surface area contributed by atoms with Crippen LogP contribution >= 0.6 is 12.4 Å². The summed E-state index contributed by atoms with van der Waals surface area (Å²) in [6.07, 6.45) is -4.33. The van der Waals surface area contributed by atoms with Gasteiger partial charge in [-0.05, 0) is 24.6 Å². The van der Waals surface area contributed by atoms with Crippen LogP contribution < -0.4 is 11.1 Å². The molecular weight excluding hydrogens is 269 g/mol. The van der Waals surface area contributed by atoms with Crippen LogP contribution in [0.3, 0.4) is 0 Å². The lowest BCUT2D eigenvalue weighted by molar-refractivity contribution is -0.137. The number of nitrogens with one attached hydrogen (secondary N) is 1. The Labute approximate surface area is 109 Å². The van der Waals surface area contributed by atoms with E-state index in [0.29, 0.717) is 12.1 Å². The van der Waals surface area contributed by atoms with Crippen molar-refractivity contribution in [3.8, 4) is 0 Å². The van der Waals surface area contributed by atoms with Crippen LogP contribution in [0.5, 0.6) is 0 Å². The number of hydrogen-bond acceptors (Lipinski definition) is 2. The summed E-state index contributed by atoms with van der Waals surface area (Å²) in [5.74, 6) is -0.503. The molecule has 0 saturated carbocycles. The summed E-state index contributed by atoms with van der Waals surface area (Å²) in [4.78, 5) is 10.7. The van der Waals surface area contributed by atoms with Crippen molar-refractivity contribution in [2.75, 3.05) is 0 Å². The second kappa shape index (κ2) is 6.61. The minimum atomic E-state index is -4.33. The first-order valence-electron chi connectivity index (χ1n) is 4.99. The number of halogens is 4. The number of nitrogens with two attached hydrogens (primary N) is 1. The first-order chi connectivity index (χ1) is 7.80. The van der Waals surface area contributed by atoms with Crippen molar-refractivity contribution in [3.05, 3.63) is 35.4 Å². The lowest BCUT2D eigenvalue weighted by Crippen LogP contribution is -2.38. The number of carbonyl (C=O) groups excluding carboxylic acids is 1. The van der Waals surface area contributed by atoms with Crippen molar-refractivity contribution in [2.24, 2.45) is 5.73 Å². The van der Waals surface area contributed by atoms with Crippen LogP contribution in [0.1, 0.15) is 18.1 Å². The molecule has 1 atom stereocenters. The summed E-state index contributed by atoms with van der Waals surface area (Å²) < 4.78 is 36.8. The molecule has 1 aromatic carbocycles. The van der Waals surface area contributed by atoms with Gasteiger partial charge < -0.3 is 11.1 Å². The molecule has 18 heavy (non-hydrogen) atoms. The number of carbonyl (C=O) groups is 1. The third kappa shape index (κ3) is 4.93. The average Bonchev–Trinajstić information content (AvgIpc) is 2.25. The number of hydrogen-bond donors (Lipinski definition) is 2. The smallest absolute Gasteiger partial charge is 0.368 e. The van der Waals surface area contributed by atoms with Crippen LogP contribution in [0.2, 0.25) is 0 Å². The molecule has 0 spiro atoms. The van der Waals surface area contributed by atoms with E-state index in [0.717, 1.165) is 12.1 Å². The summed E-state index contributed by atoms with van der Waals surface area (Å²) in [6.45, 7) is 1.88. The number of primary amides is 1. The predicted octanol–water partition coefficient (Wildman–Crippen LogP) is 2.09. The molecule has 1 rings (SSSR count). The first-order valence-corrected chi connectivity index (χ1v) is 4.99. The Kier molecular flexibility index (Phi) is 6.14. The maximum absolute atomic E-state index is 12.3. The monoisotopic (exact) mass is 282 g/mol. The minimum absolute atomic E-state index is 0. The van der Waals surface area contributed by atoms with Gasteiger partial charge in [-0.25, -0.2) is 0 Å². The van der Waals surface area contributed by atoms with Gasteiger partial charge in [0.25, 0.3) is 0 Å². The van der Waals surface area contributed by atoms with Crippen LogP contribution in [0.4, 0.5) is 13.2 Å². The van der Waals surface area contributed by atoms with E-state index in [4.69, 9.17) is 5.73 Å². The molecule has 0 unspecified atom stereocenters. The van der Waals surface area contributed by atoms with Gasteiger partial charge in [0.05, 0.1) is 11.6 Å². The second-order valence-corrected chi connectivity index (χ2v) is 3.70. The van der Waals surface area contributed by atoms with Gasteiger partial charge in [0.1, 0.15) is 0 Å². The van der Waals surface area contributed by atoms with E-state index in [1.165, 1.54) is 12.1 Å². The van der Waals surface area contributed by atoms with Gasteiger partial charge in [-0.2, -0.15) is 13.2 Å². The molecule has 0 bridgehead atoms. The van der Waals surface area contributed by atoms with E-state index in [2.05, 4.69) is 5.32 Å². The summed E-state index contributed by atoms with van der Waals surface area (Å²) in [6, 6.07) is 4.22. The molecule has 7 heteroatoms. The first kappa shape index (κ1) is 16.7. The molecule has 0 aliphatic rings. The van der Waals surface area contributed by atoms with E-state index in [1.807, 2.05) is 0 Å². The SMILES string of the molecule is C[C@H](NCc1ccc(C(F)(F)F)cc1)C(N)=O.Cl. The topological polar surface area (TPSA) is 55.1 Å². The Bertz CT molecular complexity index is 392. The fraction of sp³-hybridized carbons (Fsp3) is 0.364. The number of benzene rings is 1. The van der Waals surface area contributed by atoms with Crippen molar-refractivity contribution in [1.82, 2.24) is 5.32 Å². The molecule has 3 nitrogen and oxygen atoms in total. The van der Waals surface area contributed by atoms with Gasteiger partial charge in [0.15, 0.2) is 0 Å². The third-order valence-corrected chi connectivity index (χ3v) is 2.32. The Hall–Kier alpha value is -1.27. The summed E-state index contributed by atoms with van der Waals surface area (Å²) in [5.41, 5.74) is 5.00. The Morgan fingerprint density at radius 3 is 2.22 bits per heavy atom. The van der Waals surface area contributed by atoms with E-state index in [9.17, 15) is 18.0 Å². The van der Waals surface area contributed by atoms with Gasteiger partial charge in [-0.15, -0.1) is 12.4 Å². The fourth-order valence-corrected chi connectivity index (χ4v) is 1.18. The molecule has 0 aromatic heterocycles. The van der Waals surface area contributed by atoms with E-state index < -0.39 is 23.7 Å². The van der Waals surface area contributed by atoms with Crippen LogP contribution in [0.15, 0.2) is 24.3 Å². The highest BCUT2D eigenvalue weighted by molar-refractivity contribution is 5.85. The predicted molar refractivity (Wildman–Crippen MR) is 64.2 cm³/mol. The average molecular weight is 283 g/mol. The lowest BCUT2D eigenvalue weighted by atomic mass is 10.1. The fourth-order valence-electron chi connectivity index (χ4n) is 1.18. The molecule has 0 aliphatic carbocycles. The molecule has 0 fully saturated rings. The van der Waals surface area contributed by atoms with Crippen molar-refractivity contribution in [3.63, 3.8) is 0 Å². The zero-order valence-corrected chi connectivity index (χ0v) is 10.4. The zero-order chi connectivity index (χ0) is 13.1. The molecule has 1 amide bonds. The Morgan fingerprint density at radius 1 is 1.33 bits per heavy atom. The van der Waals surface area contributed by atoms with Crippen LogP contribution in [-0.2, 0) is 17.5 Å². The standard InChI is InChI=1S/C11H13F3N2O.ClH/c1-7(10(15)17)16-6-8-2-4-9(5-3-8)11(12,13)14;/h2-5,7,16H,6H2,1H3,(H2,15,17);1H/t7-;/m0./s1. The second-order valence-electron chi connectivity index (χ2n) is 3.70.